The van der Waals surface area contributed by atoms with Gasteiger partial charge in [0.05, 0.1) is 0 Å². The average molecular weight is 128 g/mol. The molecule has 8 heavy (non-hydrogen) atoms. The minimum Gasteiger partial charge on any atom is -0.154 e. The molecule has 0 aromatic rings. The van der Waals surface area contributed by atoms with Crippen LogP contribution in [0.25, 0.3) is 0 Å². The van der Waals surface area contributed by atoms with Gasteiger partial charge in [0, 0.05) is 11.0 Å². The van der Waals surface area contributed by atoms with E-state index in [-0.39, 0.29) is 0 Å². The second-order valence-corrected chi connectivity index (χ2v) is 3.51. The van der Waals surface area contributed by atoms with E-state index in [1.54, 1.807) is 0 Å². The van der Waals surface area contributed by atoms with Crippen LogP contribution in [0.2, 0.25) is 0 Å². The molecule has 0 N–H and O–H groups in total. The summed E-state index contributed by atoms with van der Waals surface area (Å²) in [6.45, 7) is 3.67. The first-order chi connectivity index (χ1) is 3.93. The topological polar surface area (TPSA) is 0 Å². The minimum atomic E-state index is 0.980. The van der Waals surface area contributed by atoms with Crippen LogP contribution in [0.1, 0.15) is 19.3 Å². The van der Waals surface area contributed by atoms with Crippen LogP contribution in [0.4, 0.5) is 0 Å². The lowest BCUT2D eigenvalue weighted by molar-refractivity contribution is 0.522. The molecule has 0 aromatic carbocycles. The quantitative estimate of drug-likeness (QED) is 0.526. The van der Waals surface area contributed by atoms with Crippen LogP contribution in [-0.2, 0) is 0 Å². The normalized spacial score (nSPS) is 20.0. The number of rotatable bonds is 3. The summed E-state index contributed by atoms with van der Waals surface area (Å²) in [5, 5.41) is 0.980. The molecule has 0 nitrogen and oxygen atoms in total. The van der Waals surface area contributed by atoms with Gasteiger partial charge >= 0.3 is 0 Å². The second kappa shape index (κ2) is 3.18. The highest BCUT2D eigenvalue weighted by molar-refractivity contribution is 8.00. The fourth-order valence-electron chi connectivity index (χ4n) is 0.742. The minimum absolute atomic E-state index is 0.980. The van der Waals surface area contributed by atoms with Crippen molar-refractivity contribution < 1.29 is 0 Å². The zero-order chi connectivity index (χ0) is 5.82. The van der Waals surface area contributed by atoms with Crippen LogP contribution >= 0.6 is 11.8 Å². The van der Waals surface area contributed by atoms with Gasteiger partial charge in [0.2, 0.25) is 0 Å². The third kappa shape index (κ3) is 1.55. The van der Waals surface area contributed by atoms with Crippen LogP contribution in [0, 0.1) is 0 Å². The number of thioether (sulfide) groups is 1. The fraction of sp³-hybridized carbons (Fsp3) is 0.714. The van der Waals surface area contributed by atoms with Crippen LogP contribution in [0.3, 0.4) is 0 Å². The molecule has 46 valence electrons. The highest BCUT2D eigenvalue weighted by atomic mass is 32.2. The summed E-state index contributed by atoms with van der Waals surface area (Å²) in [5.74, 6) is 1.14. The Morgan fingerprint density at radius 2 is 2.38 bits per heavy atom. The van der Waals surface area contributed by atoms with Crippen molar-refractivity contribution in [1.82, 2.24) is 0 Å². The zero-order valence-electron chi connectivity index (χ0n) is 5.10. The summed E-state index contributed by atoms with van der Waals surface area (Å²) in [5.41, 5.74) is 0. The molecule has 1 aliphatic carbocycles. The van der Waals surface area contributed by atoms with Gasteiger partial charge < -0.3 is 0 Å². The Labute approximate surface area is 55.4 Å². The predicted molar refractivity (Wildman–Crippen MR) is 40.3 cm³/mol. The molecule has 0 bridgehead atoms. The van der Waals surface area contributed by atoms with Crippen molar-refractivity contribution in [3.63, 3.8) is 0 Å². The Morgan fingerprint density at radius 1 is 1.62 bits per heavy atom. The van der Waals surface area contributed by atoms with Gasteiger partial charge in [0.15, 0.2) is 0 Å². The van der Waals surface area contributed by atoms with Crippen LogP contribution in [-0.4, -0.2) is 11.0 Å². The molecule has 0 atom stereocenters. The molecule has 0 heterocycles. The van der Waals surface area contributed by atoms with E-state index in [2.05, 4.69) is 6.58 Å². The van der Waals surface area contributed by atoms with Crippen molar-refractivity contribution in [2.45, 2.75) is 24.5 Å². The molecule has 1 fully saturated rings. The standard InChI is InChI=1S/C7H12S/c1-2-6-8-7-4-3-5-7/h2,7H,1,3-6H2. The lowest BCUT2D eigenvalue weighted by Crippen LogP contribution is -2.12. The molecule has 1 rings (SSSR count). The Hall–Kier alpha value is 0.0900. The number of hydrogen-bond acceptors (Lipinski definition) is 1. The molecule has 0 aromatic heterocycles. The van der Waals surface area contributed by atoms with E-state index in [1.807, 2.05) is 17.8 Å². The van der Waals surface area contributed by atoms with Crippen molar-refractivity contribution >= 4 is 11.8 Å². The fourth-order valence-corrected chi connectivity index (χ4v) is 1.82. The zero-order valence-corrected chi connectivity index (χ0v) is 5.91. The Kier molecular flexibility index (Phi) is 2.47. The van der Waals surface area contributed by atoms with Gasteiger partial charge in [-0.25, -0.2) is 0 Å². The maximum atomic E-state index is 3.67. The van der Waals surface area contributed by atoms with Crippen molar-refractivity contribution in [3.05, 3.63) is 12.7 Å². The van der Waals surface area contributed by atoms with Gasteiger partial charge in [0.1, 0.15) is 0 Å². The van der Waals surface area contributed by atoms with E-state index >= 15 is 0 Å². The van der Waals surface area contributed by atoms with Gasteiger partial charge in [-0.1, -0.05) is 12.5 Å². The molecule has 0 spiro atoms. The smallest absolute Gasteiger partial charge is 0.0113 e. The molecule has 0 aliphatic heterocycles. The van der Waals surface area contributed by atoms with Gasteiger partial charge in [-0.05, 0) is 12.8 Å². The van der Waals surface area contributed by atoms with Gasteiger partial charge in [-0.2, -0.15) is 11.8 Å². The molecule has 1 heteroatoms. The van der Waals surface area contributed by atoms with Crippen LogP contribution in [0.5, 0.6) is 0 Å². The largest absolute Gasteiger partial charge is 0.154 e. The molecule has 0 radical (unpaired) electrons. The van der Waals surface area contributed by atoms with Crippen LogP contribution < -0.4 is 0 Å². The van der Waals surface area contributed by atoms with Crippen molar-refractivity contribution in [1.29, 1.82) is 0 Å². The predicted octanol–water partition coefficient (Wildman–Crippen LogP) is 2.46. The summed E-state index contributed by atoms with van der Waals surface area (Å²) in [7, 11) is 0. The van der Waals surface area contributed by atoms with Crippen LogP contribution in [0.15, 0.2) is 12.7 Å². The van der Waals surface area contributed by atoms with E-state index in [9.17, 15) is 0 Å². The summed E-state index contributed by atoms with van der Waals surface area (Å²) in [6, 6.07) is 0. The first kappa shape index (κ1) is 6.21. The van der Waals surface area contributed by atoms with Gasteiger partial charge in [-0.3, -0.25) is 0 Å². The molecular formula is C7H12S. The Bertz CT molecular complexity index is 74.5. The Balaban J connectivity index is 1.93. The molecule has 1 saturated carbocycles. The maximum absolute atomic E-state index is 3.67. The second-order valence-electron chi connectivity index (χ2n) is 2.17. The van der Waals surface area contributed by atoms with E-state index in [4.69, 9.17) is 0 Å². The third-order valence-electron chi connectivity index (χ3n) is 1.50. The molecule has 1 aliphatic rings. The molecule has 0 amide bonds. The third-order valence-corrected chi connectivity index (χ3v) is 2.87. The molecular weight excluding hydrogens is 116 g/mol. The van der Waals surface area contributed by atoms with E-state index in [0.717, 1.165) is 11.0 Å². The SMILES string of the molecule is C=CCSC1CCC1. The summed E-state index contributed by atoms with van der Waals surface area (Å²) < 4.78 is 0. The Morgan fingerprint density at radius 3 is 2.75 bits per heavy atom. The van der Waals surface area contributed by atoms with E-state index in [1.165, 1.54) is 19.3 Å². The molecule has 0 saturated heterocycles. The highest BCUT2D eigenvalue weighted by Gasteiger charge is 2.15. The lowest BCUT2D eigenvalue weighted by Gasteiger charge is -2.23. The van der Waals surface area contributed by atoms with Crippen molar-refractivity contribution in [2.75, 3.05) is 5.75 Å². The lowest BCUT2D eigenvalue weighted by atomic mass is 10.0. The highest BCUT2D eigenvalue weighted by Crippen LogP contribution is 2.30. The van der Waals surface area contributed by atoms with E-state index < -0.39 is 0 Å². The van der Waals surface area contributed by atoms with Gasteiger partial charge in [-0.15, -0.1) is 6.58 Å². The first-order valence-corrected chi connectivity index (χ1v) is 4.21. The molecule has 0 unspecified atom stereocenters. The summed E-state index contributed by atoms with van der Waals surface area (Å²) in [4.78, 5) is 0. The van der Waals surface area contributed by atoms with Gasteiger partial charge in [0.25, 0.3) is 0 Å². The maximum Gasteiger partial charge on any atom is 0.0113 e. The average Bonchev–Trinajstić information content (AvgIpc) is 1.63. The van der Waals surface area contributed by atoms with Crippen molar-refractivity contribution in [2.24, 2.45) is 0 Å². The number of hydrogen-bond donors (Lipinski definition) is 0. The van der Waals surface area contributed by atoms with Crippen molar-refractivity contribution in [3.8, 4) is 0 Å². The monoisotopic (exact) mass is 128 g/mol. The summed E-state index contributed by atoms with van der Waals surface area (Å²) in [6.07, 6.45) is 6.33. The first-order valence-electron chi connectivity index (χ1n) is 3.16. The summed E-state index contributed by atoms with van der Waals surface area (Å²) >= 11 is 2.05. The van der Waals surface area contributed by atoms with E-state index in [0.29, 0.717) is 0 Å².